The molecule has 4 heterocycles. The van der Waals surface area contributed by atoms with Crippen molar-refractivity contribution in [1.29, 1.82) is 0 Å². The summed E-state index contributed by atoms with van der Waals surface area (Å²) >= 11 is 0. The van der Waals surface area contributed by atoms with Gasteiger partial charge in [-0.2, -0.15) is 0 Å². The van der Waals surface area contributed by atoms with Gasteiger partial charge in [0, 0.05) is 22.3 Å². The Kier molecular flexibility index (Phi) is 6.26. The van der Waals surface area contributed by atoms with E-state index in [-0.39, 0.29) is 12.1 Å². The molecule has 0 unspecified atom stereocenters. The van der Waals surface area contributed by atoms with E-state index in [0.29, 0.717) is 0 Å². The molecule has 9 aromatic rings. The summed E-state index contributed by atoms with van der Waals surface area (Å²) in [4.78, 5) is 0. The first-order chi connectivity index (χ1) is 27.1. The van der Waals surface area contributed by atoms with E-state index in [1.165, 1.54) is 81.2 Å². The fourth-order valence-corrected chi connectivity index (χ4v) is 16.0. The number of ether oxygens (including phenoxy) is 1. The Bertz CT molecular complexity index is 3020. The predicted molar refractivity (Wildman–Crippen MR) is 233 cm³/mol. The Hall–Kier alpha value is -6.36. The van der Waals surface area contributed by atoms with Crippen molar-refractivity contribution in [2.24, 2.45) is 0 Å². The lowest BCUT2D eigenvalue weighted by Gasteiger charge is -2.42. The van der Waals surface area contributed by atoms with Crippen LogP contribution in [0.1, 0.15) is 25.0 Å². The van der Waals surface area contributed by atoms with Gasteiger partial charge in [-0.15, -0.1) is 0 Å². The lowest BCUT2D eigenvalue weighted by atomic mass is 9.30. The van der Waals surface area contributed by atoms with Crippen molar-refractivity contribution in [3.05, 3.63) is 193 Å². The minimum atomic E-state index is -2.65. The van der Waals surface area contributed by atoms with Crippen molar-refractivity contribution >= 4 is 73.7 Å². The number of para-hydroxylation sites is 2. The Balaban J connectivity index is 1.18. The molecular formula is C51H36BNOSi. The monoisotopic (exact) mass is 717 g/mol. The van der Waals surface area contributed by atoms with Crippen molar-refractivity contribution in [3.63, 3.8) is 0 Å². The Labute approximate surface area is 322 Å². The number of hydrogen-bond acceptors (Lipinski definition) is 1. The van der Waals surface area contributed by atoms with Crippen molar-refractivity contribution in [2.45, 2.75) is 19.3 Å². The topological polar surface area (TPSA) is 14.2 Å². The van der Waals surface area contributed by atoms with Crippen molar-refractivity contribution in [3.8, 4) is 28.3 Å². The molecule has 2 nitrogen and oxygen atoms in total. The Morgan fingerprint density at radius 3 is 1.98 bits per heavy atom. The summed E-state index contributed by atoms with van der Waals surface area (Å²) < 4.78 is 9.44. The first-order valence-electron chi connectivity index (χ1n) is 19.4. The average molecular weight is 718 g/mol. The van der Waals surface area contributed by atoms with Crippen LogP contribution in [-0.2, 0) is 5.41 Å². The summed E-state index contributed by atoms with van der Waals surface area (Å²) in [6.07, 6.45) is 0. The van der Waals surface area contributed by atoms with Crippen LogP contribution in [0.25, 0.3) is 38.6 Å². The standard InChI is InChI=1S/C51H36BNOSi/c1-51(2)38-23-11-12-24-40(38)52-41-25-13-15-27-44(41)54-45-32-33(31-39(51)50(45)52)53-42-26-14-9-21-36(42)48-43(53)29-30-47-49(48)37-22-10-16-28-46(37)55(47,34-17-5-3-6-18-34)35-19-7-4-8-20-35/h3-32H,1-2H3. The van der Waals surface area contributed by atoms with E-state index in [9.17, 15) is 0 Å². The summed E-state index contributed by atoms with van der Waals surface area (Å²) in [6.45, 7) is 4.89. The van der Waals surface area contributed by atoms with Crippen LogP contribution < -0.4 is 41.9 Å². The molecule has 258 valence electrons. The molecule has 4 heteroatoms. The van der Waals surface area contributed by atoms with Gasteiger partial charge in [-0.1, -0.05) is 171 Å². The first kappa shape index (κ1) is 31.0. The molecule has 0 aliphatic carbocycles. The Morgan fingerprint density at radius 2 is 1.18 bits per heavy atom. The van der Waals surface area contributed by atoms with Crippen LogP contribution in [-0.4, -0.2) is 19.4 Å². The van der Waals surface area contributed by atoms with Crippen LogP contribution >= 0.6 is 0 Å². The molecule has 0 bridgehead atoms. The van der Waals surface area contributed by atoms with Gasteiger partial charge in [0.15, 0.2) is 8.07 Å². The second-order valence-corrected chi connectivity index (χ2v) is 19.7. The van der Waals surface area contributed by atoms with E-state index >= 15 is 0 Å². The fraction of sp³-hybridized carbons (Fsp3) is 0.0588. The molecule has 12 rings (SSSR count). The molecule has 8 aromatic carbocycles. The van der Waals surface area contributed by atoms with E-state index in [1.54, 1.807) is 0 Å². The third-order valence-electron chi connectivity index (χ3n) is 13.0. The highest BCUT2D eigenvalue weighted by Gasteiger charge is 2.50. The van der Waals surface area contributed by atoms with Gasteiger partial charge in [-0.3, -0.25) is 0 Å². The summed E-state index contributed by atoms with van der Waals surface area (Å²) in [7, 11) is -2.65. The highest BCUT2D eigenvalue weighted by atomic mass is 28.3. The highest BCUT2D eigenvalue weighted by molar-refractivity contribution is 7.22. The second kappa shape index (κ2) is 11.1. The second-order valence-electron chi connectivity index (χ2n) is 16.0. The number of benzene rings is 8. The molecule has 0 N–H and O–H groups in total. The van der Waals surface area contributed by atoms with E-state index < -0.39 is 8.07 Å². The average Bonchev–Trinajstić information content (AvgIpc) is 3.73. The lowest BCUT2D eigenvalue weighted by Crippen LogP contribution is -2.72. The van der Waals surface area contributed by atoms with Crippen LogP contribution in [0.4, 0.5) is 0 Å². The van der Waals surface area contributed by atoms with Gasteiger partial charge in [-0.25, -0.2) is 0 Å². The van der Waals surface area contributed by atoms with Crippen molar-refractivity contribution in [2.75, 3.05) is 0 Å². The van der Waals surface area contributed by atoms with Gasteiger partial charge in [0.25, 0.3) is 6.71 Å². The Morgan fingerprint density at radius 1 is 0.527 bits per heavy atom. The zero-order valence-electron chi connectivity index (χ0n) is 30.8. The SMILES string of the molecule is CC1(C)c2ccccc2B2c3ccccc3Oc3cc(-n4c5ccccc5c5c6c(ccc54)[Si](c4ccccc4)(c4ccccc4)c4ccccc4-6)cc1c32. The molecule has 0 saturated carbocycles. The predicted octanol–water partition coefficient (Wildman–Crippen LogP) is 7.40. The molecule has 0 amide bonds. The van der Waals surface area contributed by atoms with Gasteiger partial charge in [0.05, 0.1) is 16.7 Å². The fourth-order valence-electron chi connectivity index (χ4n) is 10.8. The molecule has 0 saturated heterocycles. The molecule has 0 spiro atoms. The van der Waals surface area contributed by atoms with Crippen LogP contribution in [0.2, 0.25) is 0 Å². The number of rotatable bonds is 3. The van der Waals surface area contributed by atoms with Gasteiger partial charge in [-0.05, 0) is 78.2 Å². The summed E-state index contributed by atoms with van der Waals surface area (Å²) in [6, 6.07) is 68.2. The first-order valence-corrected chi connectivity index (χ1v) is 21.4. The molecule has 0 atom stereocenters. The third-order valence-corrected chi connectivity index (χ3v) is 17.9. The summed E-state index contributed by atoms with van der Waals surface area (Å²) in [5.74, 6) is 1.90. The summed E-state index contributed by atoms with van der Waals surface area (Å²) in [5, 5.41) is 8.35. The van der Waals surface area contributed by atoms with E-state index in [0.717, 1.165) is 17.2 Å². The maximum absolute atomic E-state index is 6.93. The smallest absolute Gasteiger partial charge is 0.251 e. The van der Waals surface area contributed by atoms with Crippen molar-refractivity contribution in [1.82, 2.24) is 4.57 Å². The van der Waals surface area contributed by atoms with Crippen molar-refractivity contribution < 1.29 is 4.74 Å². The minimum absolute atomic E-state index is 0.125. The maximum atomic E-state index is 6.93. The zero-order valence-corrected chi connectivity index (χ0v) is 31.8. The largest absolute Gasteiger partial charge is 0.458 e. The van der Waals surface area contributed by atoms with Gasteiger partial charge >= 0.3 is 0 Å². The van der Waals surface area contributed by atoms with E-state index in [2.05, 4.69) is 200 Å². The number of aromatic nitrogens is 1. The van der Waals surface area contributed by atoms with Crippen LogP contribution in [0.5, 0.6) is 11.5 Å². The molecular weight excluding hydrogens is 681 g/mol. The summed E-state index contributed by atoms with van der Waals surface area (Å²) in [5.41, 5.74) is 12.7. The molecule has 3 aliphatic rings. The quantitative estimate of drug-likeness (QED) is 0.174. The van der Waals surface area contributed by atoms with E-state index in [1.807, 2.05) is 0 Å². The van der Waals surface area contributed by atoms with Crippen LogP contribution in [0.15, 0.2) is 182 Å². The third kappa shape index (κ3) is 3.94. The zero-order chi connectivity index (χ0) is 36.5. The van der Waals surface area contributed by atoms with Crippen LogP contribution in [0, 0.1) is 0 Å². The maximum Gasteiger partial charge on any atom is 0.251 e. The number of hydrogen-bond donors (Lipinski definition) is 0. The van der Waals surface area contributed by atoms with Gasteiger partial charge < -0.3 is 9.30 Å². The molecule has 0 radical (unpaired) electrons. The molecule has 55 heavy (non-hydrogen) atoms. The molecule has 1 aromatic heterocycles. The minimum Gasteiger partial charge on any atom is -0.458 e. The number of fused-ring (bicyclic) bond motifs is 11. The normalized spacial score (nSPS) is 15.1. The molecule has 0 fully saturated rings. The van der Waals surface area contributed by atoms with E-state index in [4.69, 9.17) is 4.74 Å². The van der Waals surface area contributed by atoms with Gasteiger partial charge in [0.1, 0.15) is 11.5 Å². The molecule has 3 aliphatic heterocycles. The van der Waals surface area contributed by atoms with Crippen LogP contribution in [0.3, 0.4) is 0 Å². The lowest BCUT2D eigenvalue weighted by molar-refractivity contribution is 0.484. The highest BCUT2D eigenvalue weighted by Crippen LogP contribution is 2.44. The van der Waals surface area contributed by atoms with Gasteiger partial charge in [0.2, 0.25) is 0 Å². The number of nitrogens with zero attached hydrogens (tertiary/aromatic N) is 1.